The SMILES string of the molecule is Cc1ccc(N(N)/C=C(\N)C(O)C(F)(F)F)cc1. The molecule has 0 amide bonds. The van der Waals surface area contributed by atoms with E-state index in [2.05, 4.69) is 0 Å². The average molecular weight is 261 g/mol. The zero-order valence-corrected chi connectivity index (χ0v) is 9.65. The molecule has 0 saturated carbocycles. The second kappa shape index (κ2) is 5.28. The minimum atomic E-state index is -4.81. The highest BCUT2D eigenvalue weighted by Gasteiger charge is 2.40. The van der Waals surface area contributed by atoms with Crippen LogP contribution in [-0.4, -0.2) is 17.4 Å². The summed E-state index contributed by atoms with van der Waals surface area (Å²) in [7, 11) is 0. The van der Waals surface area contributed by atoms with Gasteiger partial charge in [0.05, 0.1) is 11.4 Å². The van der Waals surface area contributed by atoms with Gasteiger partial charge in [-0.05, 0) is 19.1 Å². The smallest absolute Gasteiger partial charge is 0.398 e. The van der Waals surface area contributed by atoms with Crippen LogP contribution in [0.1, 0.15) is 5.56 Å². The number of aliphatic hydroxyl groups is 1. The highest BCUT2D eigenvalue weighted by molar-refractivity contribution is 5.48. The van der Waals surface area contributed by atoms with E-state index in [0.29, 0.717) is 5.69 Å². The van der Waals surface area contributed by atoms with Crippen LogP contribution >= 0.6 is 0 Å². The lowest BCUT2D eigenvalue weighted by molar-refractivity contribution is -0.191. The van der Waals surface area contributed by atoms with Crippen molar-refractivity contribution in [3.8, 4) is 0 Å². The summed E-state index contributed by atoms with van der Waals surface area (Å²) in [5.74, 6) is 5.53. The van der Waals surface area contributed by atoms with Crippen molar-refractivity contribution in [2.24, 2.45) is 11.6 Å². The van der Waals surface area contributed by atoms with E-state index in [1.807, 2.05) is 6.92 Å². The predicted molar refractivity (Wildman–Crippen MR) is 62.2 cm³/mol. The first-order valence-corrected chi connectivity index (χ1v) is 5.04. The molecule has 0 aromatic heterocycles. The fraction of sp³-hybridized carbons (Fsp3) is 0.273. The molecule has 7 heteroatoms. The van der Waals surface area contributed by atoms with Gasteiger partial charge in [0.15, 0.2) is 6.10 Å². The van der Waals surface area contributed by atoms with Gasteiger partial charge in [-0.15, -0.1) is 0 Å². The van der Waals surface area contributed by atoms with Gasteiger partial charge in [0.1, 0.15) is 0 Å². The lowest BCUT2D eigenvalue weighted by atomic mass is 10.2. The van der Waals surface area contributed by atoms with Crippen molar-refractivity contribution >= 4 is 5.69 Å². The molecule has 100 valence electrons. The Hall–Kier alpha value is -1.73. The summed E-state index contributed by atoms with van der Waals surface area (Å²) < 4.78 is 36.5. The number of rotatable bonds is 3. The minimum absolute atomic E-state index is 0.456. The highest BCUT2D eigenvalue weighted by atomic mass is 19.4. The largest absolute Gasteiger partial charge is 0.420 e. The molecule has 1 aromatic rings. The van der Waals surface area contributed by atoms with Gasteiger partial charge >= 0.3 is 6.18 Å². The van der Waals surface area contributed by atoms with Gasteiger partial charge in [0.25, 0.3) is 0 Å². The standard InChI is InChI=1S/C11H14F3N3O/c1-7-2-4-8(5-3-7)17(16)6-9(15)10(18)11(12,13)14/h2-6,10,18H,15-16H2,1H3/b9-6-. The Morgan fingerprint density at radius 1 is 1.33 bits per heavy atom. The molecule has 0 aliphatic rings. The number of nitrogens with two attached hydrogens (primary N) is 2. The number of benzene rings is 1. The Kier molecular flexibility index (Phi) is 4.20. The summed E-state index contributed by atoms with van der Waals surface area (Å²) in [4.78, 5) is 0. The minimum Gasteiger partial charge on any atom is -0.398 e. The summed E-state index contributed by atoms with van der Waals surface area (Å²) in [6.45, 7) is 1.86. The topological polar surface area (TPSA) is 75.5 Å². The summed E-state index contributed by atoms with van der Waals surface area (Å²) in [5, 5.41) is 9.81. The van der Waals surface area contributed by atoms with Gasteiger partial charge in [-0.1, -0.05) is 17.7 Å². The van der Waals surface area contributed by atoms with E-state index in [4.69, 9.17) is 16.7 Å². The Bertz CT molecular complexity index is 428. The van der Waals surface area contributed by atoms with E-state index < -0.39 is 18.0 Å². The first-order chi connectivity index (χ1) is 8.21. The van der Waals surface area contributed by atoms with Gasteiger partial charge < -0.3 is 10.8 Å². The lowest BCUT2D eigenvalue weighted by Crippen LogP contribution is -2.36. The normalized spacial score (nSPS) is 14.4. The molecule has 0 radical (unpaired) electrons. The maximum atomic E-state index is 12.2. The van der Waals surface area contributed by atoms with E-state index >= 15 is 0 Å². The number of hydrogen-bond acceptors (Lipinski definition) is 4. The molecule has 0 spiro atoms. The van der Waals surface area contributed by atoms with Crippen molar-refractivity contribution in [1.82, 2.24) is 0 Å². The van der Waals surface area contributed by atoms with E-state index in [1.165, 1.54) is 0 Å². The second-order valence-corrected chi connectivity index (χ2v) is 3.82. The maximum absolute atomic E-state index is 12.2. The monoisotopic (exact) mass is 261 g/mol. The zero-order chi connectivity index (χ0) is 13.9. The second-order valence-electron chi connectivity index (χ2n) is 3.82. The number of halogens is 3. The van der Waals surface area contributed by atoms with Gasteiger partial charge in [-0.3, -0.25) is 5.01 Å². The number of alkyl halides is 3. The van der Waals surface area contributed by atoms with E-state index in [-0.39, 0.29) is 0 Å². The lowest BCUT2D eigenvalue weighted by Gasteiger charge is -2.19. The highest BCUT2D eigenvalue weighted by Crippen LogP contribution is 2.23. The first-order valence-electron chi connectivity index (χ1n) is 5.04. The number of hydrazine groups is 1. The van der Waals surface area contributed by atoms with Crippen molar-refractivity contribution in [2.75, 3.05) is 5.01 Å². The van der Waals surface area contributed by atoms with Crippen LogP contribution in [0, 0.1) is 6.92 Å². The molecule has 0 aliphatic heterocycles. The third-order valence-electron chi connectivity index (χ3n) is 2.25. The number of hydrogen-bond donors (Lipinski definition) is 3. The van der Waals surface area contributed by atoms with Crippen molar-refractivity contribution in [3.05, 3.63) is 41.7 Å². The first kappa shape index (κ1) is 14.3. The molecule has 18 heavy (non-hydrogen) atoms. The van der Waals surface area contributed by atoms with Crippen LogP contribution in [0.3, 0.4) is 0 Å². The Morgan fingerprint density at radius 2 is 1.83 bits per heavy atom. The fourth-order valence-electron chi connectivity index (χ4n) is 1.21. The van der Waals surface area contributed by atoms with E-state index in [9.17, 15) is 13.2 Å². The molecule has 0 fully saturated rings. The van der Waals surface area contributed by atoms with Crippen molar-refractivity contribution < 1.29 is 18.3 Å². The van der Waals surface area contributed by atoms with Crippen LogP contribution < -0.4 is 16.6 Å². The maximum Gasteiger partial charge on any atom is 0.420 e. The summed E-state index contributed by atoms with van der Waals surface area (Å²) in [5.41, 5.74) is 5.81. The molecule has 4 nitrogen and oxygen atoms in total. The zero-order valence-electron chi connectivity index (χ0n) is 9.65. The Balaban J connectivity index is 2.85. The average Bonchev–Trinajstić information content (AvgIpc) is 2.27. The van der Waals surface area contributed by atoms with Gasteiger partial charge in [-0.25, -0.2) is 5.84 Å². The predicted octanol–water partition coefficient (Wildman–Crippen LogP) is 1.40. The molecule has 5 N–H and O–H groups in total. The van der Waals surface area contributed by atoms with Crippen molar-refractivity contribution in [3.63, 3.8) is 0 Å². The number of aryl methyl sites for hydroxylation is 1. The van der Waals surface area contributed by atoms with Crippen LogP contribution in [-0.2, 0) is 0 Å². The van der Waals surface area contributed by atoms with Crippen molar-refractivity contribution in [2.45, 2.75) is 19.2 Å². The molecule has 0 saturated heterocycles. The van der Waals surface area contributed by atoms with Gasteiger partial charge in [-0.2, -0.15) is 13.2 Å². The summed E-state index contributed by atoms with van der Waals surface area (Å²) >= 11 is 0. The van der Waals surface area contributed by atoms with Crippen LogP contribution in [0.2, 0.25) is 0 Å². The quantitative estimate of drug-likeness (QED) is 0.568. The molecule has 1 aromatic carbocycles. The van der Waals surface area contributed by atoms with Crippen LogP contribution in [0.15, 0.2) is 36.2 Å². The summed E-state index contributed by atoms with van der Waals surface area (Å²) in [6.07, 6.45) is -6.70. The van der Waals surface area contributed by atoms with Crippen LogP contribution in [0.4, 0.5) is 18.9 Å². The Morgan fingerprint density at radius 3 is 2.28 bits per heavy atom. The molecule has 1 unspecified atom stereocenters. The molecular formula is C11H14F3N3O. The third kappa shape index (κ3) is 3.64. The van der Waals surface area contributed by atoms with E-state index in [1.54, 1.807) is 24.3 Å². The molecule has 1 atom stereocenters. The van der Waals surface area contributed by atoms with Gasteiger partial charge in [0.2, 0.25) is 0 Å². The van der Waals surface area contributed by atoms with Crippen LogP contribution in [0.25, 0.3) is 0 Å². The molecular weight excluding hydrogens is 247 g/mol. The fourth-order valence-corrected chi connectivity index (χ4v) is 1.21. The molecule has 0 bridgehead atoms. The number of anilines is 1. The number of nitrogens with zero attached hydrogens (tertiary/aromatic N) is 1. The van der Waals surface area contributed by atoms with E-state index in [0.717, 1.165) is 16.8 Å². The van der Waals surface area contributed by atoms with Gasteiger partial charge in [0, 0.05) is 6.20 Å². The van der Waals surface area contributed by atoms with Crippen LogP contribution in [0.5, 0.6) is 0 Å². The van der Waals surface area contributed by atoms with Crippen molar-refractivity contribution in [1.29, 1.82) is 0 Å². The molecule has 0 aliphatic carbocycles. The third-order valence-corrected chi connectivity index (χ3v) is 2.25. The number of aliphatic hydroxyl groups excluding tert-OH is 1. The molecule has 1 rings (SSSR count). The molecule has 0 heterocycles. The summed E-state index contributed by atoms with van der Waals surface area (Å²) in [6, 6.07) is 6.75. The Labute approximate surface area is 102 Å².